The molecule has 0 aliphatic heterocycles. The van der Waals surface area contributed by atoms with Crippen molar-refractivity contribution in [2.24, 2.45) is 0 Å². The fourth-order valence-corrected chi connectivity index (χ4v) is 3.52. The SMILES string of the molecule is CCC(c1nc2ccccc2c(=O)n1CCOC)N(C)C(=O)Nc1cccc(OC)c1. The van der Waals surface area contributed by atoms with E-state index >= 15 is 0 Å². The summed E-state index contributed by atoms with van der Waals surface area (Å²) in [6.45, 7) is 2.68. The molecular weight excluding hydrogens is 396 g/mol. The molecule has 3 rings (SSSR count). The van der Waals surface area contributed by atoms with Crippen LogP contribution in [0.25, 0.3) is 10.9 Å². The molecule has 2 amide bonds. The molecule has 164 valence electrons. The number of nitrogens with zero attached hydrogens (tertiary/aromatic N) is 3. The van der Waals surface area contributed by atoms with Gasteiger partial charge in [-0.25, -0.2) is 9.78 Å². The van der Waals surface area contributed by atoms with Crippen molar-refractivity contribution in [2.75, 3.05) is 33.2 Å². The van der Waals surface area contributed by atoms with Gasteiger partial charge in [0, 0.05) is 25.9 Å². The Bertz CT molecular complexity index is 1110. The fraction of sp³-hybridized carbons (Fsp3) is 0.348. The van der Waals surface area contributed by atoms with E-state index in [1.54, 1.807) is 55.0 Å². The second kappa shape index (κ2) is 10.1. The number of carbonyl (C=O) groups is 1. The van der Waals surface area contributed by atoms with Crippen LogP contribution in [0.2, 0.25) is 0 Å². The van der Waals surface area contributed by atoms with Gasteiger partial charge in [-0.2, -0.15) is 0 Å². The average molecular weight is 425 g/mol. The molecule has 8 heteroatoms. The van der Waals surface area contributed by atoms with Crippen molar-refractivity contribution in [3.05, 3.63) is 64.7 Å². The largest absolute Gasteiger partial charge is 0.497 e. The highest BCUT2D eigenvalue weighted by Crippen LogP contribution is 2.24. The van der Waals surface area contributed by atoms with Crippen molar-refractivity contribution in [2.45, 2.75) is 25.9 Å². The molecule has 0 saturated carbocycles. The minimum atomic E-state index is -0.403. The molecule has 1 N–H and O–H groups in total. The number of anilines is 1. The van der Waals surface area contributed by atoms with E-state index in [-0.39, 0.29) is 11.6 Å². The summed E-state index contributed by atoms with van der Waals surface area (Å²) >= 11 is 0. The number of urea groups is 1. The highest BCUT2D eigenvalue weighted by atomic mass is 16.5. The maximum Gasteiger partial charge on any atom is 0.322 e. The lowest BCUT2D eigenvalue weighted by Crippen LogP contribution is -2.39. The molecule has 0 fully saturated rings. The molecule has 1 atom stereocenters. The highest BCUT2D eigenvalue weighted by Gasteiger charge is 2.26. The van der Waals surface area contributed by atoms with Gasteiger partial charge in [0.1, 0.15) is 11.6 Å². The Morgan fingerprint density at radius 1 is 1.19 bits per heavy atom. The molecular formula is C23H28N4O4. The summed E-state index contributed by atoms with van der Waals surface area (Å²) in [5, 5.41) is 3.42. The van der Waals surface area contributed by atoms with E-state index in [0.717, 1.165) is 0 Å². The van der Waals surface area contributed by atoms with Crippen molar-refractivity contribution in [1.29, 1.82) is 0 Å². The normalized spacial score (nSPS) is 11.9. The second-order valence-electron chi connectivity index (χ2n) is 7.13. The van der Waals surface area contributed by atoms with Gasteiger partial charge in [-0.3, -0.25) is 9.36 Å². The van der Waals surface area contributed by atoms with Crippen molar-refractivity contribution in [1.82, 2.24) is 14.5 Å². The summed E-state index contributed by atoms with van der Waals surface area (Å²) in [5.74, 6) is 1.18. The molecule has 31 heavy (non-hydrogen) atoms. The molecule has 0 bridgehead atoms. The molecule has 0 radical (unpaired) electrons. The van der Waals surface area contributed by atoms with Gasteiger partial charge in [-0.15, -0.1) is 0 Å². The summed E-state index contributed by atoms with van der Waals surface area (Å²) in [6.07, 6.45) is 0.583. The predicted molar refractivity (Wildman–Crippen MR) is 121 cm³/mol. The number of carbonyl (C=O) groups excluding carboxylic acids is 1. The van der Waals surface area contributed by atoms with Gasteiger partial charge in [0.15, 0.2) is 0 Å². The zero-order chi connectivity index (χ0) is 22.4. The van der Waals surface area contributed by atoms with E-state index in [1.165, 1.54) is 0 Å². The van der Waals surface area contributed by atoms with Crippen LogP contribution in [0.1, 0.15) is 25.2 Å². The Kier molecular flexibility index (Phi) is 7.25. The molecule has 1 aromatic heterocycles. The standard InChI is InChI=1S/C23H28N4O4/c1-5-20(26(2)23(29)24-16-9-8-10-17(15-16)31-4)21-25-19-12-7-6-11-18(19)22(28)27(21)13-14-30-3/h6-12,15,20H,5,13-14H2,1-4H3,(H,24,29). The number of nitrogens with one attached hydrogen (secondary N) is 1. The van der Waals surface area contributed by atoms with Gasteiger partial charge in [0.25, 0.3) is 5.56 Å². The molecule has 0 spiro atoms. The van der Waals surface area contributed by atoms with E-state index in [1.807, 2.05) is 31.2 Å². The van der Waals surface area contributed by atoms with Crippen molar-refractivity contribution in [3.63, 3.8) is 0 Å². The van der Waals surface area contributed by atoms with E-state index in [0.29, 0.717) is 47.7 Å². The Hall–Kier alpha value is -3.39. The maximum absolute atomic E-state index is 13.2. The van der Waals surface area contributed by atoms with E-state index in [4.69, 9.17) is 14.5 Å². The minimum absolute atomic E-state index is 0.141. The first kappa shape index (κ1) is 22.3. The third kappa shape index (κ3) is 4.86. The number of methoxy groups -OCH3 is 2. The third-order valence-electron chi connectivity index (χ3n) is 5.20. The average Bonchev–Trinajstić information content (AvgIpc) is 2.79. The number of hydrogen-bond donors (Lipinski definition) is 1. The quantitative estimate of drug-likeness (QED) is 0.596. The van der Waals surface area contributed by atoms with Crippen LogP contribution >= 0.6 is 0 Å². The first-order valence-corrected chi connectivity index (χ1v) is 10.2. The first-order valence-electron chi connectivity index (χ1n) is 10.2. The molecule has 8 nitrogen and oxygen atoms in total. The number of aromatic nitrogens is 2. The second-order valence-corrected chi connectivity index (χ2v) is 7.13. The molecule has 3 aromatic rings. The van der Waals surface area contributed by atoms with Gasteiger partial charge in [-0.05, 0) is 30.7 Å². The summed E-state index contributed by atoms with van der Waals surface area (Å²) in [7, 11) is 4.86. The first-order chi connectivity index (χ1) is 15.0. The Morgan fingerprint density at radius 2 is 1.97 bits per heavy atom. The Morgan fingerprint density at radius 3 is 2.68 bits per heavy atom. The smallest absolute Gasteiger partial charge is 0.322 e. The molecule has 0 saturated heterocycles. The van der Waals surface area contributed by atoms with Crippen LogP contribution in [0.5, 0.6) is 5.75 Å². The number of rotatable bonds is 8. The molecule has 2 aromatic carbocycles. The number of ether oxygens (including phenoxy) is 2. The van der Waals surface area contributed by atoms with Gasteiger partial charge < -0.3 is 19.7 Å². The Balaban J connectivity index is 1.97. The molecule has 0 aliphatic rings. The minimum Gasteiger partial charge on any atom is -0.497 e. The number of hydrogen-bond acceptors (Lipinski definition) is 5. The van der Waals surface area contributed by atoms with Crippen LogP contribution < -0.4 is 15.6 Å². The lowest BCUT2D eigenvalue weighted by atomic mass is 10.1. The van der Waals surface area contributed by atoms with Crippen LogP contribution in [0, 0.1) is 0 Å². The number of fused-ring (bicyclic) bond motifs is 1. The zero-order valence-electron chi connectivity index (χ0n) is 18.3. The molecule has 1 unspecified atom stereocenters. The third-order valence-corrected chi connectivity index (χ3v) is 5.20. The summed E-state index contributed by atoms with van der Waals surface area (Å²) in [5.41, 5.74) is 1.09. The van der Waals surface area contributed by atoms with Gasteiger partial charge in [0.2, 0.25) is 0 Å². The van der Waals surface area contributed by atoms with Crippen molar-refractivity contribution < 1.29 is 14.3 Å². The van der Waals surface area contributed by atoms with Crippen LogP contribution in [0.15, 0.2) is 53.3 Å². The van der Waals surface area contributed by atoms with Crippen molar-refractivity contribution in [3.8, 4) is 5.75 Å². The van der Waals surface area contributed by atoms with Crippen LogP contribution in [0.3, 0.4) is 0 Å². The van der Waals surface area contributed by atoms with E-state index in [9.17, 15) is 9.59 Å². The number of benzene rings is 2. The lowest BCUT2D eigenvalue weighted by Gasteiger charge is -2.29. The lowest BCUT2D eigenvalue weighted by molar-refractivity contribution is 0.177. The maximum atomic E-state index is 13.2. The summed E-state index contributed by atoms with van der Waals surface area (Å²) in [4.78, 5) is 32.5. The van der Waals surface area contributed by atoms with Gasteiger partial charge in [-0.1, -0.05) is 25.1 Å². The van der Waals surface area contributed by atoms with Crippen molar-refractivity contribution >= 4 is 22.6 Å². The zero-order valence-corrected chi connectivity index (χ0v) is 18.3. The highest BCUT2D eigenvalue weighted by molar-refractivity contribution is 5.89. The van der Waals surface area contributed by atoms with Crippen LogP contribution in [0.4, 0.5) is 10.5 Å². The van der Waals surface area contributed by atoms with E-state index in [2.05, 4.69) is 5.32 Å². The molecule has 0 aliphatic carbocycles. The van der Waals surface area contributed by atoms with Crippen LogP contribution in [-0.4, -0.2) is 48.4 Å². The summed E-state index contributed by atoms with van der Waals surface area (Å²) < 4.78 is 12.0. The number of amides is 2. The number of para-hydroxylation sites is 1. The molecule has 1 heterocycles. The summed E-state index contributed by atoms with van der Waals surface area (Å²) in [6, 6.07) is 13.7. The Labute approximate surface area is 181 Å². The predicted octanol–water partition coefficient (Wildman–Crippen LogP) is 3.67. The van der Waals surface area contributed by atoms with Gasteiger partial charge in [0.05, 0.1) is 37.2 Å². The van der Waals surface area contributed by atoms with Gasteiger partial charge >= 0.3 is 6.03 Å². The van der Waals surface area contributed by atoms with E-state index < -0.39 is 6.04 Å². The monoisotopic (exact) mass is 424 g/mol. The van der Waals surface area contributed by atoms with Crippen LogP contribution in [-0.2, 0) is 11.3 Å². The fourth-order valence-electron chi connectivity index (χ4n) is 3.52. The topological polar surface area (TPSA) is 85.7 Å².